The lowest BCUT2D eigenvalue weighted by Crippen LogP contribution is -2.20. The number of benzene rings is 2. The predicted octanol–water partition coefficient (Wildman–Crippen LogP) is 5.26. The number of nitrogens with one attached hydrogen (secondary N) is 1. The second-order valence-electron chi connectivity index (χ2n) is 8.59. The first-order chi connectivity index (χ1) is 17.4. The van der Waals surface area contributed by atoms with E-state index in [1.54, 1.807) is 28.9 Å². The third-order valence-corrected chi connectivity index (χ3v) is 6.18. The average Bonchev–Trinajstić information content (AvgIpc) is 3.37. The molecule has 0 aliphatic heterocycles. The fraction of sp³-hybridized carbons (Fsp3) is 0.185. The minimum absolute atomic E-state index is 0.0233. The Balaban J connectivity index is 1.35. The number of carbonyl (C=O) groups is 1. The van der Waals surface area contributed by atoms with Crippen molar-refractivity contribution in [3.63, 3.8) is 0 Å². The van der Waals surface area contributed by atoms with Crippen molar-refractivity contribution in [3.05, 3.63) is 88.8 Å². The molecule has 0 unspecified atom stereocenters. The largest absolute Gasteiger partial charge is 0.497 e. The molecule has 0 saturated heterocycles. The summed E-state index contributed by atoms with van der Waals surface area (Å²) in [6.07, 6.45) is 3.43. The zero-order valence-electron chi connectivity index (χ0n) is 20.2. The summed E-state index contributed by atoms with van der Waals surface area (Å²) in [4.78, 5) is 17.4. The first kappa shape index (κ1) is 23.6. The van der Waals surface area contributed by atoms with E-state index in [1.807, 2.05) is 62.4 Å². The number of nitrogens with zero attached hydrogens (tertiary/aromatic N) is 5. The number of methoxy groups -OCH3 is 1. The summed E-state index contributed by atoms with van der Waals surface area (Å²) < 4.78 is 8.58. The molecule has 182 valence electrons. The number of ether oxygens (including phenoxy) is 1. The molecule has 5 rings (SSSR count). The zero-order chi connectivity index (χ0) is 25.2. The summed E-state index contributed by atoms with van der Waals surface area (Å²) in [5.74, 6) is 0.807. The smallest absolute Gasteiger partial charge is 0.247 e. The van der Waals surface area contributed by atoms with Gasteiger partial charge >= 0.3 is 0 Å². The molecule has 5 aromatic rings. The monoisotopic (exact) mass is 500 g/mol. The van der Waals surface area contributed by atoms with Crippen LogP contribution in [0.2, 0.25) is 5.02 Å². The molecular formula is C27H25ClN6O2. The van der Waals surface area contributed by atoms with Crippen molar-refractivity contribution in [2.75, 3.05) is 12.4 Å². The van der Waals surface area contributed by atoms with E-state index in [0.29, 0.717) is 23.0 Å². The Hall–Kier alpha value is -4.17. The molecule has 3 heterocycles. The molecule has 0 aliphatic rings. The maximum atomic E-state index is 12.9. The second kappa shape index (κ2) is 9.83. The highest BCUT2D eigenvalue weighted by Crippen LogP contribution is 2.31. The quantitative estimate of drug-likeness (QED) is 0.329. The van der Waals surface area contributed by atoms with Crippen LogP contribution in [0.3, 0.4) is 0 Å². The van der Waals surface area contributed by atoms with Crippen LogP contribution in [-0.2, 0) is 17.9 Å². The number of carbonyl (C=O) groups excluding carboxylic acids is 1. The molecule has 0 fully saturated rings. The van der Waals surface area contributed by atoms with Crippen LogP contribution in [-0.4, -0.2) is 37.6 Å². The van der Waals surface area contributed by atoms with E-state index in [9.17, 15) is 4.79 Å². The van der Waals surface area contributed by atoms with Gasteiger partial charge in [0.1, 0.15) is 17.3 Å². The van der Waals surface area contributed by atoms with E-state index in [-0.39, 0.29) is 12.5 Å². The van der Waals surface area contributed by atoms with E-state index < -0.39 is 0 Å². The average molecular weight is 501 g/mol. The van der Waals surface area contributed by atoms with Gasteiger partial charge in [-0.25, -0.2) is 9.67 Å². The Bertz CT molecular complexity index is 1550. The molecule has 9 heteroatoms. The Labute approximate surface area is 213 Å². The summed E-state index contributed by atoms with van der Waals surface area (Å²) in [7, 11) is 1.64. The lowest BCUT2D eigenvalue weighted by Gasteiger charge is -2.07. The molecule has 0 radical (unpaired) electrons. The summed E-state index contributed by atoms with van der Waals surface area (Å²) in [5.41, 5.74) is 5.70. The highest BCUT2D eigenvalue weighted by Gasteiger charge is 2.17. The van der Waals surface area contributed by atoms with E-state index >= 15 is 0 Å². The van der Waals surface area contributed by atoms with E-state index in [2.05, 4.69) is 26.6 Å². The van der Waals surface area contributed by atoms with Crippen LogP contribution in [0, 0.1) is 13.8 Å². The van der Waals surface area contributed by atoms with Crippen LogP contribution < -0.4 is 10.1 Å². The van der Waals surface area contributed by atoms with Gasteiger partial charge in [0, 0.05) is 17.8 Å². The molecule has 3 aromatic heterocycles. The number of hydrogen-bond donors (Lipinski definition) is 1. The number of aromatic nitrogens is 5. The van der Waals surface area contributed by atoms with Gasteiger partial charge in [0.25, 0.3) is 0 Å². The molecule has 1 N–H and O–H groups in total. The Kier molecular flexibility index (Phi) is 6.43. The standard InChI is InChI=1S/C27H25ClN6O2/c1-17-5-4-6-19(13-17)14-33-15-23(28)26(32-33)30-24(35)16-34-27-25(18(2)31-34)22(11-12-29-27)20-7-9-21(36-3)10-8-20/h4-13,15H,14,16H2,1-3H3,(H,30,32,35). The van der Waals surface area contributed by atoms with Gasteiger partial charge in [0.2, 0.25) is 5.91 Å². The van der Waals surface area contributed by atoms with Gasteiger partial charge in [-0.2, -0.15) is 10.2 Å². The Morgan fingerprint density at radius 3 is 2.64 bits per heavy atom. The van der Waals surface area contributed by atoms with E-state index in [1.165, 1.54) is 5.56 Å². The van der Waals surface area contributed by atoms with Crippen molar-refractivity contribution in [2.24, 2.45) is 0 Å². The molecule has 0 aliphatic carbocycles. The molecule has 0 saturated carbocycles. The number of amides is 1. The van der Waals surface area contributed by atoms with Crippen LogP contribution in [0.1, 0.15) is 16.8 Å². The number of fused-ring (bicyclic) bond motifs is 1. The topological polar surface area (TPSA) is 86.9 Å². The molecule has 1 amide bonds. The van der Waals surface area contributed by atoms with Gasteiger partial charge < -0.3 is 10.1 Å². The highest BCUT2D eigenvalue weighted by molar-refractivity contribution is 6.33. The third-order valence-electron chi connectivity index (χ3n) is 5.90. The molecule has 2 aromatic carbocycles. The summed E-state index contributed by atoms with van der Waals surface area (Å²) in [5, 5.41) is 13.1. The van der Waals surface area contributed by atoms with Gasteiger partial charge in [-0.1, -0.05) is 53.6 Å². The zero-order valence-corrected chi connectivity index (χ0v) is 21.0. The van der Waals surface area contributed by atoms with Gasteiger partial charge in [-0.15, -0.1) is 0 Å². The Morgan fingerprint density at radius 1 is 1.08 bits per heavy atom. The van der Waals surface area contributed by atoms with Crippen LogP contribution in [0.5, 0.6) is 5.75 Å². The van der Waals surface area contributed by atoms with Crippen LogP contribution in [0.4, 0.5) is 5.82 Å². The number of halogens is 1. The Morgan fingerprint density at radius 2 is 1.89 bits per heavy atom. The maximum absolute atomic E-state index is 12.9. The molecule has 0 spiro atoms. The van der Waals surface area contributed by atoms with Gasteiger partial charge in [0.15, 0.2) is 11.5 Å². The lowest BCUT2D eigenvalue weighted by atomic mass is 10.0. The minimum Gasteiger partial charge on any atom is -0.497 e. The van der Waals surface area contributed by atoms with E-state index in [4.69, 9.17) is 16.3 Å². The number of aryl methyl sites for hydroxylation is 2. The van der Waals surface area contributed by atoms with E-state index in [0.717, 1.165) is 33.5 Å². The van der Waals surface area contributed by atoms with Crippen molar-refractivity contribution in [3.8, 4) is 16.9 Å². The van der Waals surface area contributed by atoms with Crippen LogP contribution >= 0.6 is 11.6 Å². The molecule has 0 atom stereocenters. The SMILES string of the molecule is COc1ccc(-c2ccnc3c2c(C)nn3CC(=O)Nc2nn(Cc3cccc(C)c3)cc2Cl)cc1. The van der Waals surface area contributed by atoms with Crippen molar-refractivity contribution in [1.82, 2.24) is 24.5 Å². The number of hydrogen-bond acceptors (Lipinski definition) is 5. The summed E-state index contributed by atoms with van der Waals surface area (Å²) in [6.45, 7) is 4.48. The van der Waals surface area contributed by atoms with Gasteiger partial charge in [-0.05, 0) is 48.7 Å². The van der Waals surface area contributed by atoms with Crippen molar-refractivity contribution in [2.45, 2.75) is 26.9 Å². The van der Waals surface area contributed by atoms with Crippen molar-refractivity contribution in [1.29, 1.82) is 0 Å². The molecule has 36 heavy (non-hydrogen) atoms. The fourth-order valence-corrected chi connectivity index (χ4v) is 4.47. The second-order valence-corrected chi connectivity index (χ2v) is 9.00. The molecule has 0 bridgehead atoms. The number of anilines is 1. The highest BCUT2D eigenvalue weighted by atomic mass is 35.5. The fourth-order valence-electron chi connectivity index (χ4n) is 4.27. The summed E-state index contributed by atoms with van der Waals surface area (Å²) >= 11 is 6.36. The molecular weight excluding hydrogens is 476 g/mol. The van der Waals surface area contributed by atoms with Crippen LogP contribution in [0.15, 0.2) is 67.0 Å². The molecule has 8 nitrogen and oxygen atoms in total. The summed E-state index contributed by atoms with van der Waals surface area (Å²) in [6, 6.07) is 17.9. The first-order valence-corrected chi connectivity index (χ1v) is 11.8. The maximum Gasteiger partial charge on any atom is 0.247 e. The minimum atomic E-state index is -0.293. The normalized spacial score (nSPS) is 11.1. The lowest BCUT2D eigenvalue weighted by molar-refractivity contribution is -0.116. The first-order valence-electron chi connectivity index (χ1n) is 11.5. The van der Waals surface area contributed by atoms with Crippen LogP contribution in [0.25, 0.3) is 22.2 Å². The number of pyridine rings is 1. The van der Waals surface area contributed by atoms with Crippen molar-refractivity contribution < 1.29 is 9.53 Å². The van der Waals surface area contributed by atoms with Gasteiger partial charge in [0.05, 0.1) is 19.3 Å². The van der Waals surface area contributed by atoms with Crippen molar-refractivity contribution >= 4 is 34.4 Å². The predicted molar refractivity (Wildman–Crippen MR) is 140 cm³/mol. The third kappa shape index (κ3) is 4.81. The number of rotatable bonds is 7. The van der Waals surface area contributed by atoms with Gasteiger partial charge in [-0.3, -0.25) is 9.48 Å².